The number of hydrogen-bond acceptors (Lipinski definition) is 2. The Bertz CT molecular complexity index is 1470. The van der Waals surface area contributed by atoms with Crippen molar-refractivity contribution in [1.29, 1.82) is 0 Å². The van der Waals surface area contributed by atoms with Gasteiger partial charge in [-0.2, -0.15) is 0 Å². The number of benzene rings is 4. The SMILES string of the molecule is c1ccc2c(-n3nc4ccc(-n5ccc6ccccc65)cc4n3)cccc2c1. The predicted octanol–water partition coefficient (Wildman–Crippen LogP) is 5.52. The molecule has 0 fully saturated rings. The monoisotopic (exact) mass is 360 g/mol. The van der Waals surface area contributed by atoms with Gasteiger partial charge in [-0.25, -0.2) is 0 Å². The van der Waals surface area contributed by atoms with Crippen molar-refractivity contribution < 1.29 is 0 Å². The molecule has 132 valence electrons. The fraction of sp³-hybridized carbons (Fsp3) is 0. The van der Waals surface area contributed by atoms with Crippen LogP contribution in [0.2, 0.25) is 0 Å². The van der Waals surface area contributed by atoms with Gasteiger partial charge in [0, 0.05) is 17.3 Å². The van der Waals surface area contributed by atoms with Crippen LogP contribution in [0.15, 0.2) is 97.2 Å². The molecule has 0 aliphatic heterocycles. The van der Waals surface area contributed by atoms with Crippen LogP contribution < -0.4 is 0 Å². The van der Waals surface area contributed by atoms with Crippen LogP contribution in [0.25, 0.3) is 44.1 Å². The van der Waals surface area contributed by atoms with Crippen molar-refractivity contribution in [3.05, 3.63) is 97.2 Å². The lowest BCUT2D eigenvalue weighted by Crippen LogP contribution is -1.99. The maximum atomic E-state index is 4.78. The number of rotatable bonds is 2. The summed E-state index contributed by atoms with van der Waals surface area (Å²) in [5, 5.41) is 13.0. The third-order valence-corrected chi connectivity index (χ3v) is 5.22. The molecule has 0 spiro atoms. The quantitative estimate of drug-likeness (QED) is 0.408. The first-order valence-corrected chi connectivity index (χ1v) is 9.28. The van der Waals surface area contributed by atoms with Crippen LogP contribution in [-0.4, -0.2) is 19.6 Å². The highest BCUT2D eigenvalue weighted by Gasteiger charge is 2.10. The summed E-state index contributed by atoms with van der Waals surface area (Å²) < 4.78 is 2.19. The van der Waals surface area contributed by atoms with E-state index in [1.165, 1.54) is 16.3 Å². The highest BCUT2D eigenvalue weighted by Crippen LogP contribution is 2.25. The Hall–Kier alpha value is -3.92. The van der Waals surface area contributed by atoms with Crippen LogP contribution in [0.4, 0.5) is 0 Å². The topological polar surface area (TPSA) is 35.6 Å². The molecule has 4 aromatic carbocycles. The van der Waals surface area contributed by atoms with E-state index >= 15 is 0 Å². The lowest BCUT2D eigenvalue weighted by atomic mass is 10.1. The molecule has 4 nitrogen and oxygen atoms in total. The molecule has 4 heteroatoms. The van der Waals surface area contributed by atoms with Gasteiger partial charge in [-0.05, 0) is 47.2 Å². The Balaban J connectivity index is 1.52. The number of nitrogens with zero attached hydrogens (tertiary/aromatic N) is 4. The van der Waals surface area contributed by atoms with Gasteiger partial charge in [-0.1, -0.05) is 54.6 Å². The van der Waals surface area contributed by atoms with Gasteiger partial charge in [0.1, 0.15) is 11.0 Å². The van der Waals surface area contributed by atoms with E-state index in [1.54, 1.807) is 4.80 Å². The van der Waals surface area contributed by atoms with Crippen molar-refractivity contribution in [2.45, 2.75) is 0 Å². The molecule has 2 heterocycles. The molecule has 6 rings (SSSR count). The molecule has 0 unspecified atom stereocenters. The van der Waals surface area contributed by atoms with Crippen LogP contribution in [-0.2, 0) is 0 Å². The first-order chi connectivity index (χ1) is 13.9. The van der Waals surface area contributed by atoms with Crippen LogP contribution in [0.1, 0.15) is 0 Å². The Kier molecular flexibility index (Phi) is 3.14. The smallest absolute Gasteiger partial charge is 0.115 e. The highest BCUT2D eigenvalue weighted by atomic mass is 15.5. The van der Waals surface area contributed by atoms with Gasteiger partial charge in [-0.15, -0.1) is 15.0 Å². The van der Waals surface area contributed by atoms with Crippen molar-refractivity contribution in [1.82, 2.24) is 19.6 Å². The van der Waals surface area contributed by atoms with Crippen LogP contribution >= 0.6 is 0 Å². The standard InChI is InChI=1S/C24H16N4/c1-3-9-20-17(6-1)8-5-11-24(20)28-25-21-13-12-19(16-22(21)26-28)27-15-14-18-7-2-4-10-23(18)27/h1-16H. The van der Waals surface area contributed by atoms with E-state index in [0.717, 1.165) is 27.8 Å². The molecule has 0 radical (unpaired) electrons. The Morgan fingerprint density at radius 2 is 1.39 bits per heavy atom. The van der Waals surface area contributed by atoms with Crippen LogP contribution in [0, 0.1) is 0 Å². The summed E-state index contributed by atoms with van der Waals surface area (Å²) in [7, 11) is 0. The molecule has 0 aliphatic carbocycles. The third kappa shape index (κ3) is 2.25. The minimum Gasteiger partial charge on any atom is -0.316 e. The minimum atomic E-state index is 0.878. The Morgan fingerprint density at radius 3 is 2.36 bits per heavy atom. The van der Waals surface area contributed by atoms with Gasteiger partial charge in [0.15, 0.2) is 0 Å². The summed E-state index contributed by atoms with van der Waals surface area (Å²) in [5.74, 6) is 0. The van der Waals surface area contributed by atoms with Crippen molar-refractivity contribution >= 4 is 32.7 Å². The molecule has 0 N–H and O–H groups in total. The highest BCUT2D eigenvalue weighted by molar-refractivity contribution is 5.90. The van der Waals surface area contributed by atoms with Crippen molar-refractivity contribution in [2.75, 3.05) is 0 Å². The first kappa shape index (κ1) is 15.2. The molecule has 0 saturated heterocycles. The zero-order valence-electron chi connectivity index (χ0n) is 15.0. The summed E-state index contributed by atoms with van der Waals surface area (Å²) >= 11 is 0. The minimum absolute atomic E-state index is 0.878. The van der Waals surface area contributed by atoms with Gasteiger partial charge in [-0.3, -0.25) is 0 Å². The lowest BCUT2D eigenvalue weighted by molar-refractivity contribution is 0.771. The maximum absolute atomic E-state index is 4.78. The third-order valence-electron chi connectivity index (χ3n) is 5.22. The summed E-state index contributed by atoms with van der Waals surface area (Å²) in [6, 6.07) is 31.3. The zero-order chi connectivity index (χ0) is 18.5. The van der Waals surface area contributed by atoms with E-state index in [9.17, 15) is 0 Å². The van der Waals surface area contributed by atoms with E-state index in [2.05, 4.69) is 77.5 Å². The van der Waals surface area contributed by atoms with Gasteiger partial charge < -0.3 is 4.57 Å². The van der Waals surface area contributed by atoms with Gasteiger partial charge in [0.2, 0.25) is 0 Å². The normalized spacial score (nSPS) is 11.6. The van der Waals surface area contributed by atoms with E-state index in [1.807, 2.05) is 24.3 Å². The van der Waals surface area contributed by atoms with E-state index in [0.29, 0.717) is 0 Å². The number of para-hydroxylation sites is 1. The van der Waals surface area contributed by atoms with Crippen molar-refractivity contribution in [3.63, 3.8) is 0 Å². The van der Waals surface area contributed by atoms with Gasteiger partial charge in [0.25, 0.3) is 0 Å². The first-order valence-electron chi connectivity index (χ1n) is 9.28. The van der Waals surface area contributed by atoms with Gasteiger partial charge in [0.05, 0.1) is 11.2 Å². The molecule has 0 bridgehead atoms. The van der Waals surface area contributed by atoms with E-state index < -0.39 is 0 Å². The average molecular weight is 360 g/mol. The molecule has 0 saturated carbocycles. The summed E-state index contributed by atoms with van der Waals surface area (Å²) in [5.41, 5.74) is 5.01. The summed E-state index contributed by atoms with van der Waals surface area (Å²) in [6.45, 7) is 0. The lowest BCUT2D eigenvalue weighted by Gasteiger charge is -2.04. The van der Waals surface area contributed by atoms with Gasteiger partial charge >= 0.3 is 0 Å². The molecule has 2 aromatic heterocycles. The Morgan fingerprint density at radius 1 is 0.607 bits per heavy atom. The molecule has 6 aromatic rings. The summed E-state index contributed by atoms with van der Waals surface area (Å²) in [4.78, 5) is 1.74. The van der Waals surface area contributed by atoms with Crippen molar-refractivity contribution in [3.8, 4) is 11.4 Å². The predicted molar refractivity (Wildman–Crippen MR) is 113 cm³/mol. The zero-order valence-corrected chi connectivity index (χ0v) is 15.0. The molecular formula is C24H16N4. The molecule has 0 amide bonds. The van der Waals surface area contributed by atoms with E-state index in [-0.39, 0.29) is 0 Å². The molecule has 28 heavy (non-hydrogen) atoms. The van der Waals surface area contributed by atoms with Crippen LogP contribution in [0.3, 0.4) is 0 Å². The van der Waals surface area contributed by atoms with Crippen LogP contribution in [0.5, 0.6) is 0 Å². The molecule has 0 aliphatic rings. The second-order valence-electron chi connectivity index (χ2n) is 6.91. The summed E-state index contributed by atoms with van der Waals surface area (Å²) in [6.07, 6.45) is 2.10. The second kappa shape index (κ2) is 5.79. The van der Waals surface area contributed by atoms with E-state index in [4.69, 9.17) is 10.2 Å². The molecular weight excluding hydrogens is 344 g/mol. The maximum Gasteiger partial charge on any atom is 0.115 e. The molecule has 0 atom stereocenters. The number of fused-ring (bicyclic) bond motifs is 3. The average Bonchev–Trinajstić information content (AvgIpc) is 3.37. The second-order valence-corrected chi connectivity index (χ2v) is 6.91. The number of hydrogen-bond donors (Lipinski definition) is 0. The number of aromatic nitrogens is 4. The fourth-order valence-electron chi connectivity index (χ4n) is 3.85. The van der Waals surface area contributed by atoms with Crippen molar-refractivity contribution in [2.24, 2.45) is 0 Å². The fourth-order valence-corrected chi connectivity index (χ4v) is 3.85. The largest absolute Gasteiger partial charge is 0.316 e. The Labute approximate surface area is 161 Å².